The molecule has 0 amide bonds. The van der Waals surface area contributed by atoms with Crippen LogP contribution in [0.25, 0.3) is 0 Å². The van der Waals surface area contributed by atoms with Crippen molar-refractivity contribution in [2.24, 2.45) is 5.73 Å². The SMILES string of the molecule is N[C@@]12OS(=O)(=O)O[C@]1(O)O[C@]1(CO)OP3(=O)O[C@]1(O)[C@@]2(O)O3. The first-order valence-corrected chi connectivity index (χ1v) is 8.25. The van der Waals surface area contributed by atoms with Crippen LogP contribution < -0.4 is 5.73 Å². The number of ether oxygens (including phenoxy) is 1. The minimum absolute atomic E-state index is 1.37. The maximum Gasteiger partial charge on any atom is 0.483 e. The highest BCUT2D eigenvalue weighted by molar-refractivity contribution is 7.82. The molecule has 4 rings (SSSR count). The zero-order valence-corrected chi connectivity index (χ0v) is 11.8. The molecule has 4 fully saturated rings. The highest BCUT2D eigenvalue weighted by Gasteiger charge is 2.98. The van der Waals surface area contributed by atoms with Gasteiger partial charge in [0.15, 0.2) is 0 Å². The molecule has 1 unspecified atom stereocenters. The van der Waals surface area contributed by atoms with Crippen LogP contribution in [0.15, 0.2) is 0 Å². The second kappa shape index (κ2) is 3.40. The predicted octanol–water partition coefficient (Wildman–Crippen LogP) is -4.14. The standard InChI is InChI=1S/C6H8NO13PS/c7-3-5(10)4(9)2(1-8,16-21(12,17-4)18-5)15-6(3,11)20-22(13,14)19-3/h8-11H,1,7H2/t2-,3+,4+,5+,6-,21?/m1/s1. The molecule has 16 heteroatoms. The lowest BCUT2D eigenvalue weighted by Crippen LogP contribution is -2.89. The Morgan fingerprint density at radius 2 is 1.64 bits per heavy atom. The van der Waals surface area contributed by atoms with Crippen molar-refractivity contribution in [3.05, 3.63) is 0 Å². The van der Waals surface area contributed by atoms with Crippen LogP contribution in [0.4, 0.5) is 0 Å². The van der Waals surface area contributed by atoms with Gasteiger partial charge >= 0.3 is 24.2 Å². The second-order valence-electron chi connectivity index (χ2n) is 4.91. The first-order chi connectivity index (χ1) is 9.80. The van der Waals surface area contributed by atoms with E-state index in [1.807, 2.05) is 0 Å². The van der Waals surface area contributed by atoms with Gasteiger partial charge in [-0.3, -0.25) is 10.5 Å². The Morgan fingerprint density at radius 3 is 2.18 bits per heavy atom. The molecule has 6 atom stereocenters. The molecule has 2 bridgehead atoms. The van der Waals surface area contributed by atoms with Gasteiger partial charge in [-0.2, -0.15) is 12.6 Å². The maximum atomic E-state index is 12.0. The van der Waals surface area contributed by atoms with E-state index in [1.165, 1.54) is 0 Å². The molecule has 0 radical (unpaired) electrons. The summed E-state index contributed by atoms with van der Waals surface area (Å²) < 4.78 is 61.4. The van der Waals surface area contributed by atoms with Crippen molar-refractivity contribution < 1.29 is 60.1 Å². The summed E-state index contributed by atoms with van der Waals surface area (Å²) in [5.74, 6) is -13.3. The molecule has 22 heavy (non-hydrogen) atoms. The number of nitrogens with two attached hydrogens (primary N) is 1. The van der Waals surface area contributed by atoms with Crippen LogP contribution in [0.2, 0.25) is 0 Å². The Labute approximate surface area is 120 Å². The fourth-order valence-electron chi connectivity index (χ4n) is 2.67. The number of aliphatic hydroxyl groups is 4. The summed E-state index contributed by atoms with van der Waals surface area (Å²) in [6.45, 7) is -1.37. The van der Waals surface area contributed by atoms with E-state index in [1.54, 1.807) is 0 Å². The minimum Gasteiger partial charge on any atom is -0.391 e. The van der Waals surface area contributed by atoms with E-state index in [9.17, 15) is 33.4 Å². The third-order valence-corrected chi connectivity index (χ3v) is 6.05. The topological polar surface area (TPSA) is 214 Å². The van der Waals surface area contributed by atoms with Gasteiger partial charge in [-0.1, -0.05) is 0 Å². The van der Waals surface area contributed by atoms with E-state index in [0.717, 1.165) is 0 Å². The normalized spacial score (nSPS) is 64.8. The third kappa shape index (κ3) is 1.24. The molecule has 4 aliphatic heterocycles. The highest BCUT2D eigenvalue weighted by atomic mass is 32.3. The highest BCUT2D eigenvalue weighted by Crippen LogP contribution is 2.79. The molecule has 0 aromatic heterocycles. The predicted molar refractivity (Wildman–Crippen MR) is 54.6 cm³/mol. The molecule has 0 aromatic rings. The van der Waals surface area contributed by atoms with Crippen LogP contribution in [-0.2, 0) is 41.6 Å². The van der Waals surface area contributed by atoms with Gasteiger partial charge < -0.3 is 20.4 Å². The van der Waals surface area contributed by atoms with E-state index in [2.05, 4.69) is 26.7 Å². The largest absolute Gasteiger partial charge is 0.483 e. The Balaban J connectivity index is 2.03. The first kappa shape index (κ1) is 15.3. The van der Waals surface area contributed by atoms with Crippen LogP contribution in [-0.4, -0.2) is 64.5 Å². The van der Waals surface area contributed by atoms with E-state index in [4.69, 9.17) is 5.73 Å². The lowest BCUT2D eigenvalue weighted by molar-refractivity contribution is -0.564. The summed E-state index contributed by atoms with van der Waals surface area (Å²) in [7, 11) is -9.78. The average molecular weight is 365 g/mol. The van der Waals surface area contributed by atoms with Gasteiger partial charge in [-0.25, -0.2) is 22.3 Å². The smallest absolute Gasteiger partial charge is 0.391 e. The fraction of sp³-hybridized carbons (Fsp3) is 1.00. The molecule has 4 heterocycles. The van der Waals surface area contributed by atoms with Gasteiger partial charge in [0.25, 0.3) is 23.1 Å². The molecule has 14 nitrogen and oxygen atoms in total. The van der Waals surface area contributed by atoms with Gasteiger partial charge in [0, 0.05) is 0 Å². The molecule has 4 saturated heterocycles. The van der Waals surface area contributed by atoms with Crippen molar-refractivity contribution in [3.63, 3.8) is 0 Å². The first-order valence-electron chi connectivity index (χ1n) is 5.46. The molecule has 6 N–H and O–H groups in total. The molecular formula is C6H8NO13PS. The zero-order valence-electron chi connectivity index (χ0n) is 10.1. The Morgan fingerprint density at radius 1 is 1.05 bits per heavy atom. The third-order valence-electron chi connectivity index (χ3n) is 3.66. The second-order valence-corrected chi connectivity index (χ2v) is 7.51. The summed E-state index contributed by atoms with van der Waals surface area (Å²) in [6.07, 6.45) is 0. The molecule has 0 spiro atoms. The number of fused-ring (bicyclic) bond motifs is 3. The van der Waals surface area contributed by atoms with Gasteiger partial charge in [-0.15, -0.1) is 0 Å². The number of phosphoric ester groups is 1. The summed E-state index contributed by atoms with van der Waals surface area (Å²) in [5.41, 5.74) is 2.10. The number of hydrogen-bond donors (Lipinski definition) is 5. The molecular weight excluding hydrogens is 357 g/mol. The Hall–Kier alpha value is -0.260. The maximum absolute atomic E-state index is 12.0. The van der Waals surface area contributed by atoms with Crippen molar-refractivity contribution in [2.75, 3.05) is 6.61 Å². The van der Waals surface area contributed by atoms with Crippen LogP contribution in [0.5, 0.6) is 0 Å². The molecule has 0 aromatic carbocycles. The Bertz CT molecular complexity index is 735. The molecule has 0 saturated carbocycles. The number of aliphatic hydroxyl groups excluding tert-OH is 1. The fourth-order valence-corrected chi connectivity index (χ4v) is 5.54. The Kier molecular flexibility index (Phi) is 2.36. The van der Waals surface area contributed by atoms with Crippen molar-refractivity contribution in [1.82, 2.24) is 0 Å². The van der Waals surface area contributed by atoms with E-state index in [0.29, 0.717) is 0 Å². The van der Waals surface area contributed by atoms with Crippen LogP contribution in [0.3, 0.4) is 0 Å². The van der Waals surface area contributed by atoms with Gasteiger partial charge in [0.05, 0.1) is 0 Å². The quantitative estimate of drug-likeness (QED) is 0.279. The summed E-state index contributed by atoms with van der Waals surface area (Å²) in [5, 5.41) is 40.4. The lowest BCUT2D eigenvalue weighted by Gasteiger charge is -2.56. The van der Waals surface area contributed by atoms with Crippen molar-refractivity contribution in [3.8, 4) is 0 Å². The van der Waals surface area contributed by atoms with E-state index in [-0.39, 0.29) is 0 Å². The van der Waals surface area contributed by atoms with Crippen molar-refractivity contribution in [1.29, 1.82) is 0 Å². The monoisotopic (exact) mass is 365 g/mol. The minimum atomic E-state index is -5.04. The van der Waals surface area contributed by atoms with Crippen LogP contribution >= 0.6 is 7.82 Å². The molecule has 126 valence electrons. The van der Waals surface area contributed by atoms with Gasteiger partial charge in [0.1, 0.15) is 6.61 Å². The lowest BCUT2D eigenvalue weighted by atomic mass is 9.83. The molecule has 0 aliphatic carbocycles. The van der Waals surface area contributed by atoms with Crippen LogP contribution in [0.1, 0.15) is 0 Å². The van der Waals surface area contributed by atoms with Crippen LogP contribution in [0, 0.1) is 0 Å². The van der Waals surface area contributed by atoms with Crippen molar-refractivity contribution >= 4 is 18.2 Å². The number of rotatable bonds is 1. The van der Waals surface area contributed by atoms with Gasteiger partial charge in [0.2, 0.25) is 0 Å². The number of phosphoric acid groups is 1. The summed E-state index contributed by atoms with van der Waals surface area (Å²) in [6, 6.07) is 0. The molecule has 4 aliphatic rings. The summed E-state index contributed by atoms with van der Waals surface area (Å²) >= 11 is 0. The van der Waals surface area contributed by atoms with E-state index >= 15 is 0 Å². The number of hydrogen-bond acceptors (Lipinski definition) is 14. The van der Waals surface area contributed by atoms with Crippen molar-refractivity contribution in [2.45, 2.75) is 29.1 Å². The zero-order chi connectivity index (χ0) is 16.4. The van der Waals surface area contributed by atoms with E-state index < -0.39 is 53.9 Å². The average Bonchev–Trinajstić information content (AvgIpc) is 2.75. The summed E-state index contributed by atoms with van der Waals surface area (Å²) in [4.78, 5) is 0. The van der Waals surface area contributed by atoms with Gasteiger partial charge in [-0.05, 0) is 0 Å².